The Kier molecular flexibility index (Phi) is 5.88. The highest BCUT2D eigenvalue weighted by Gasteiger charge is 2.17. The predicted molar refractivity (Wildman–Crippen MR) is 101 cm³/mol. The summed E-state index contributed by atoms with van der Waals surface area (Å²) in [6.07, 6.45) is 1.80. The Morgan fingerprint density at radius 2 is 1.96 bits per heavy atom. The van der Waals surface area contributed by atoms with Crippen molar-refractivity contribution >= 4 is 46.0 Å². The van der Waals surface area contributed by atoms with Gasteiger partial charge in [-0.2, -0.15) is 0 Å². The van der Waals surface area contributed by atoms with Crippen LogP contribution in [0.25, 0.3) is 10.9 Å². The van der Waals surface area contributed by atoms with E-state index in [1.54, 1.807) is 12.3 Å². The average molecular weight is 406 g/mol. The molecule has 0 unspecified atom stereocenters. The largest absolute Gasteiger partial charge is 0.548 e. The third-order valence-corrected chi connectivity index (χ3v) is 4.50. The molecule has 0 fully saturated rings. The Morgan fingerprint density at radius 3 is 2.70 bits per heavy atom. The van der Waals surface area contributed by atoms with E-state index in [9.17, 15) is 14.7 Å². The zero-order valence-corrected chi connectivity index (χ0v) is 15.5. The van der Waals surface area contributed by atoms with Crippen LogP contribution in [0.2, 0.25) is 10.0 Å². The molecule has 0 aliphatic carbocycles. The first-order valence-corrected chi connectivity index (χ1v) is 8.82. The van der Waals surface area contributed by atoms with Crippen molar-refractivity contribution in [3.63, 3.8) is 0 Å². The summed E-state index contributed by atoms with van der Waals surface area (Å²) in [5, 5.41) is 15.4. The molecule has 8 heteroatoms. The summed E-state index contributed by atoms with van der Waals surface area (Å²) >= 11 is 11.8. The zero-order valence-electron chi connectivity index (χ0n) is 14.0. The fraction of sp³-hybridized carbons (Fsp3) is 0.158. The maximum Gasteiger partial charge on any atom is 0.258 e. The highest BCUT2D eigenvalue weighted by atomic mass is 35.5. The number of benzene rings is 2. The predicted octanol–water partition coefficient (Wildman–Crippen LogP) is 2.33. The van der Waals surface area contributed by atoms with E-state index < -0.39 is 17.9 Å². The van der Waals surface area contributed by atoms with Gasteiger partial charge in [0.1, 0.15) is 5.75 Å². The van der Waals surface area contributed by atoms with E-state index >= 15 is 0 Å². The van der Waals surface area contributed by atoms with Crippen LogP contribution in [0.1, 0.15) is 5.56 Å². The molecule has 0 radical (unpaired) electrons. The van der Waals surface area contributed by atoms with Crippen LogP contribution in [0.3, 0.4) is 0 Å². The number of hydrogen-bond acceptors (Lipinski definition) is 4. The maximum atomic E-state index is 12.1. The van der Waals surface area contributed by atoms with Crippen LogP contribution >= 0.6 is 23.2 Å². The SMILES string of the molecule is O=C(COc1ccc(Cl)cc1Cl)N[C@@H](Cc1c[nH]c2ccccc12)C(=O)[O-]. The van der Waals surface area contributed by atoms with E-state index in [-0.39, 0.29) is 23.8 Å². The first-order chi connectivity index (χ1) is 12.9. The number of ether oxygens (including phenoxy) is 1. The molecule has 0 spiro atoms. The molecule has 1 heterocycles. The number of aromatic nitrogens is 1. The molecule has 0 aliphatic heterocycles. The number of rotatable bonds is 7. The van der Waals surface area contributed by atoms with Gasteiger partial charge in [0.2, 0.25) is 0 Å². The number of nitrogens with one attached hydrogen (secondary N) is 2. The molecule has 1 atom stereocenters. The number of carboxylic acid groups (broad SMARTS) is 1. The molecule has 2 aromatic carbocycles. The molecule has 27 heavy (non-hydrogen) atoms. The van der Waals surface area contributed by atoms with Crippen LogP contribution in [0.4, 0.5) is 0 Å². The number of H-pyrrole nitrogens is 1. The van der Waals surface area contributed by atoms with Gasteiger partial charge in [-0.1, -0.05) is 41.4 Å². The third-order valence-electron chi connectivity index (χ3n) is 3.97. The van der Waals surface area contributed by atoms with Crippen LogP contribution in [-0.2, 0) is 16.0 Å². The first kappa shape index (κ1) is 19.1. The van der Waals surface area contributed by atoms with E-state index in [0.29, 0.717) is 5.02 Å². The van der Waals surface area contributed by atoms with Gasteiger partial charge >= 0.3 is 0 Å². The molecule has 140 valence electrons. The number of carboxylic acids is 1. The smallest absolute Gasteiger partial charge is 0.258 e. The van der Waals surface area contributed by atoms with Crippen molar-refractivity contribution in [2.75, 3.05) is 6.61 Å². The van der Waals surface area contributed by atoms with Gasteiger partial charge < -0.3 is 24.9 Å². The fourth-order valence-electron chi connectivity index (χ4n) is 2.69. The Hall–Kier alpha value is -2.70. The first-order valence-electron chi connectivity index (χ1n) is 8.07. The molecule has 6 nitrogen and oxygen atoms in total. The molecule has 0 saturated carbocycles. The molecule has 0 bridgehead atoms. The number of fused-ring (bicyclic) bond motifs is 1. The quantitative estimate of drug-likeness (QED) is 0.630. The van der Waals surface area contributed by atoms with Gasteiger partial charge in [0.15, 0.2) is 6.61 Å². The second-order valence-corrected chi connectivity index (χ2v) is 6.71. The molecular weight excluding hydrogens is 391 g/mol. The number of amides is 1. The molecule has 3 aromatic rings. The summed E-state index contributed by atoms with van der Waals surface area (Å²) < 4.78 is 5.32. The van der Waals surface area contributed by atoms with Crippen LogP contribution in [-0.4, -0.2) is 29.5 Å². The highest BCUT2D eigenvalue weighted by molar-refractivity contribution is 6.35. The van der Waals surface area contributed by atoms with Crippen LogP contribution in [0.5, 0.6) is 5.75 Å². The minimum Gasteiger partial charge on any atom is -0.548 e. The number of para-hydroxylation sites is 1. The summed E-state index contributed by atoms with van der Waals surface area (Å²) in [6.45, 7) is -0.390. The summed E-state index contributed by atoms with van der Waals surface area (Å²) in [5.74, 6) is -1.70. The van der Waals surface area contributed by atoms with Crippen molar-refractivity contribution in [2.45, 2.75) is 12.5 Å². The average Bonchev–Trinajstić information content (AvgIpc) is 3.03. The summed E-state index contributed by atoms with van der Waals surface area (Å²) in [6, 6.07) is 10.9. The summed E-state index contributed by atoms with van der Waals surface area (Å²) in [5.41, 5.74) is 1.65. The summed E-state index contributed by atoms with van der Waals surface area (Å²) in [7, 11) is 0. The monoisotopic (exact) mass is 405 g/mol. The lowest BCUT2D eigenvalue weighted by molar-refractivity contribution is -0.308. The van der Waals surface area contributed by atoms with Gasteiger partial charge in [0, 0.05) is 28.5 Å². The molecular formula is C19H15Cl2N2O4-. The number of aromatic amines is 1. The summed E-state index contributed by atoms with van der Waals surface area (Å²) in [4.78, 5) is 26.6. The fourth-order valence-corrected chi connectivity index (χ4v) is 3.15. The molecule has 1 aromatic heterocycles. The minimum absolute atomic E-state index is 0.0831. The standard InChI is InChI=1S/C19H16Cl2N2O4/c20-12-5-6-17(14(21)8-12)27-10-18(24)23-16(19(25)26)7-11-9-22-15-4-2-1-3-13(11)15/h1-6,8-9,16,22H,7,10H2,(H,23,24)(H,25,26)/p-1/t16-/m0/s1. The lowest BCUT2D eigenvalue weighted by Crippen LogP contribution is -2.50. The van der Waals surface area contributed by atoms with Crippen molar-refractivity contribution in [3.05, 3.63) is 64.3 Å². The van der Waals surface area contributed by atoms with Crippen LogP contribution in [0, 0.1) is 0 Å². The van der Waals surface area contributed by atoms with E-state index in [2.05, 4.69) is 10.3 Å². The third kappa shape index (κ3) is 4.72. The highest BCUT2D eigenvalue weighted by Crippen LogP contribution is 2.27. The number of halogens is 2. The molecule has 1 amide bonds. The molecule has 3 rings (SSSR count). The van der Waals surface area contributed by atoms with Crippen molar-refractivity contribution in [1.82, 2.24) is 10.3 Å². The lowest BCUT2D eigenvalue weighted by Gasteiger charge is -2.19. The van der Waals surface area contributed by atoms with Crippen LogP contribution < -0.4 is 15.2 Å². The van der Waals surface area contributed by atoms with Gasteiger partial charge in [-0.25, -0.2) is 0 Å². The topological polar surface area (TPSA) is 94.2 Å². The minimum atomic E-state index is -1.38. The van der Waals surface area contributed by atoms with E-state index in [1.165, 1.54) is 12.1 Å². The van der Waals surface area contributed by atoms with Crippen molar-refractivity contribution < 1.29 is 19.4 Å². The number of carbonyl (C=O) groups is 2. The Bertz CT molecular complexity index is 987. The Morgan fingerprint density at radius 1 is 1.19 bits per heavy atom. The molecule has 0 aliphatic rings. The van der Waals surface area contributed by atoms with Gasteiger partial charge in [-0.15, -0.1) is 0 Å². The Balaban J connectivity index is 1.63. The number of carbonyl (C=O) groups excluding carboxylic acids is 2. The number of hydrogen-bond donors (Lipinski definition) is 2. The van der Waals surface area contributed by atoms with Crippen molar-refractivity contribution in [1.29, 1.82) is 0 Å². The second-order valence-electron chi connectivity index (χ2n) is 5.87. The van der Waals surface area contributed by atoms with Gasteiger partial charge in [0.05, 0.1) is 17.0 Å². The van der Waals surface area contributed by atoms with Gasteiger partial charge in [-0.05, 0) is 29.8 Å². The van der Waals surface area contributed by atoms with E-state index in [0.717, 1.165) is 16.5 Å². The Labute approximate surface area is 165 Å². The van der Waals surface area contributed by atoms with Crippen molar-refractivity contribution in [3.8, 4) is 5.75 Å². The second kappa shape index (κ2) is 8.33. The molecule has 2 N–H and O–H groups in total. The van der Waals surface area contributed by atoms with Gasteiger partial charge in [-0.3, -0.25) is 4.79 Å². The van der Waals surface area contributed by atoms with E-state index in [1.807, 2.05) is 24.3 Å². The van der Waals surface area contributed by atoms with E-state index in [4.69, 9.17) is 27.9 Å². The van der Waals surface area contributed by atoms with Crippen LogP contribution in [0.15, 0.2) is 48.7 Å². The lowest BCUT2D eigenvalue weighted by atomic mass is 10.1. The normalized spacial score (nSPS) is 11.9. The molecule has 0 saturated heterocycles. The number of aliphatic carboxylic acids is 1. The zero-order chi connectivity index (χ0) is 19.4. The van der Waals surface area contributed by atoms with Crippen molar-refractivity contribution in [2.24, 2.45) is 0 Å². The maximum absolute atomic E-state index is 12.1. The van der Waals surface area contributed by atoms with Gasteiger partial charge in [0.25, 0.3) is 5.91 Å².